The number of aromatic nitrogens is 1. The van der Waals surface area contributed by atoms with Gasteiger partial charge < -0.3 is 16.0 Å². The maximum absolute atomic E-state index is 11.9. The molecular formula is C17H20N4O2S. The molecule has 6 nitrogen and oxygen atoms in total. The van der Waals surface area contributed by atoms with Gasteiger partial charge in [-0.3, -0.25) is 4.79 Å². The van der Waals surface area contributed by atoms with Gasteiger partial charge in [0.15, 0.2) is 0 Å². The standard InChI is InChI=1S/C17H20N4O2S/c1-11(2)19-17(23)21-14-6-4-13(5-7-14)20-16(22)9-8-15-10-18-12(3)24-15/h4-11H,1-3H3,(H,20,22)(H2,19,21,23)/b9-8-. The van der Waals surface area contributed by atoms with E-state index in [4.69, 9.17) is 0 Å². The van der Waals surface area contributed by atoms with Gasteiger partial charge in [-0.2, -0.15) is 0 Å². The molecule has 1 aromatic carbocycles. The zero-order valence-corrected chi connectivity index (χ0v) is 14.6. The first kappa shape index (κ1) is 17.7. The highest BCUT2D eigenvalue weighted by Crippen LogP contribution is 2.15. The molecule has 3 N–H and O–H groups in total. The summed E-state index contributed by atoms with van der Waals surface area (Å²) in [6.45, 7) is 5.69. The van der Waals surface area contributed by atoms with Crippen molar-refractivity contribution < 1.29 is 9.59 Å². The predicted octanol–water partition coefficient (Wildman–Crippen LogP) is 3.63. The van der Waals surface area contributed by atoms with Crippen LogP contribution in [-0.4, -0.2) is 23.0 Å². The van der Waals surface area contributed by atoms with Crippen molar-refractivity contribution in [2.75, 3.05) is 10.6 Å². The van der Waals surface area contributed by atoms with E-state index < -0.39 is 0 Å². The fourth-order valence-corrected chi connectivity index (χ4v) is 2.55. The minimum atomic E-state index is -0.260. The molecule has 2 aromatic rings. The van der Waals surface area contributed by atoms with Crippen molar-refractivity contribution in [3.8, 4) is 0 Å². The molecule has 7 heteroatoms. The number of urea groups is 1. The van der Waals surface area contributed by atoms with Crippen LogP contribution in [0.1, 0.15) is 23.7 Å². The topological polar surface area (TPSA) is 83.1 Å². The second-order valence-corrected chi connectivity index (χ2v) is 6.70. The van der Waals surface area contributed by atoms with E-state index in [0.717, 1.165) is 9.88 Å². The van der Waals surface area contributed by atoms with Gasteiger partial charge in [-0.05, 0) is 51.1 Å². The molecule has 0 aliphatic rings. The molecule has 0 saturated heterocycles. The van der Waals surface area contributed by atoms with Gasteiger partial charge in [0.25, 0.3) is 0 Å². The van der Waals surface area contributed by atoms with E-state index in [-0.39, 0.29) is 18.0 Å². The number of nitrogens with one attached hydrogen (secondary N) is 3. The minimum absolute atomic E-state index is 0.0673. The van der Waals surface area contributed by atoms with Crippen molar-refractivity contribution in [3.05, 3.63) is 46.4 Å². The summed E-state index contributed by atoms with van der Waals surface area (Å²) >= 11 is 1.52. The summed E-state index contributed by atoms with van der Waals surface area (Å²) in [4.78, 5) is 28.5. The monoisotopic (exact) mass is 344 g/mol. The molecule has 3 amide bonds. The molecule has 24 heavy (non-hydrogen) atoms. The Bertz CT molecular complexity index is 735. The molecule has 1 heterocycles. The number of thiazole rings is 1. The van der Waals surface area contributed by atoms with Crippen LogP contribution in [0.25, 0.3) is 6.08 Å². The molecule has 0 saturated carbocycles. The van der Waals surface area contributed by atoms with Crippen LogP contribution in [0.5, 0.6) is 0 Å². The lowest BCUT2D eigenvalue weighted by Gasteiger charge is -2.10. The number of aryl methyl sites for hydroxylation is 1. The molecule has 1 aromatic heterocycles. The summed E-state index contributed by atoms with van der Waals surface area (Å²) in [6.07, 6.45) is 4.92. The average Bonchev–Trinajstić information content (AvgIpc) is 2.92. The number of hydrogen-bond acceptors (Lipinski definition) is 4. The summed E-state index contributed by atoms with van der Waals surface area (Å²) in [7, 11) is 0. The van der Waals surface area contributed by atoms with Crippen molar-refractivity contribution >= 4 is 40.7 Å². The maximum atomic E-state index is 11.9. The third kappa shape index (κ3) is 5.85. The van der Waals surface area contributed by atoms with Crippen LogP contribution in [0.3, 0.4) is 0 Å². The molecule has 0 aliphatic carbocycles. The lowest BCUT2D eigenvalue weighted by Crippen LogP contribution is -2.34. The van der Waals surface area contributed by atoms with Gasteiger partial charge in [0.2, 0.25) is 5.91 Å². The molecule has 2 rings (SSSR count). The zero-order chi connectivity index (χ0) is 17.5. The summed E-state index contributed by atoms with van der Waals surface area (Å²) in [5.74, 6) is -0.223. The Hall–Kier alpha value is -2.67. The Morgan fingerprint density at radius 2 is 1.75 bits per heavy atom. The van der Waals surface area contributed by atoms with Crippen LogP contribution >= 0.6 is 11.3 Å². The number of carbonyl (C=O) groups is 2. The summed E-state index contributed by atoms with van der Waals surface area (Å²) in [6, 6.07) is 6.72. The van der Waals surface area contributed by atoms with Crippen LogP contribution in [-0.2, 0) is 4.79 Å². The molecule has 0 atom stereocenters. The highest BCUT2D eigenvalue weighted by atomic mass is 32.1. The first-order chi connectivity index (χ1) is 11.4. The smallest absolute Gasteiger partial charge is 0.319 e. The highest BCUT2D eigenvalue weighted by Gasteiger charge is 2.04. The van der Waals surface area contributed by atoms with Gasteiger partial charge in [-0.15, -0.1) is 11.3 Å². The fourth-order valence-electron chi connectivity index (χ4n) is 1.86. The van der Waals surface area contributed by atoms with Gasteiger partial charge in [0.05, 0.1) is 5.01 Å². The number of hydrogen-bond donors (Lipinski definition) is 3. The first-order valence-electron chi connectivity index (χ1n) is 7.51. The van der Waals surface area contributed by atoms with Crippen LogP contribution in [0, 0.1) is 6.92 Å². The Morgan fingerprint density at radius 1 is 1.12 bits per heavy atom. The molecule has 0 fully saturated rings. The number of rotatable bonds is 5. The molecular weight excluding hydrogens is 324 g/mol. The average molecular weight is 344 g/mol. The van der Waals surface area contributed by atoms with E-state index in [1.807, 2.05) is 20.8 Å². The van der Waals surface area contributed by atoms with Gasteiger partial charge in [-0.25, -0.2) is 9.78 Å². The number of anilines is 2. The first-order valence-corrected chi connectivity index (χ1v) is 8.33. The Balaban J connectivity index is 1.87. The van der Waals surface area contributed by atoms with E-state index in [9.17, 15) is 9.59 Å². The lowest BCUT2D eigenvalue weighted by atomic mass is 10.2. The number of benzene rings is 1. The van der Waals surface area contributed by atoms with Crippen LogP contribution in [0.2, 0.25) is 0 Å². The predicted molar refractivity (Wildman–Crippen MR) is 98.2 cm³/mol. The van der Waals surface area contributed by atoms with E-state index in [1.165, 1.54) is 17.4 Å². The second kappa shape index (κ2) is 8.26. The molecule has 0 radical (unpaired) electrons. The van der Waals surface area contributed by atoms with E-state index in [2.05, 4.69) is 20.9 Å². The third-order valence-electron chi connectivity index (χ3n) is 2.87. The third-order valence-corrected chi connectivity index (χ3v) is 3.75. The zero-order valence-electron chi connectivity index (χ0n) is 13.8. The Kier molecular flexibility index (Phi) is 6.08. The van der Waals surface area contributed by atoms with Gasteiger partial charge in [-0.1, -0.05) is 0 Å². The number of carbonyl (C=O) groups excluding carboxylic acids is 2. The molecule has 0 aliphatic heterocycles. The Labute approximate surface area is 145 Å². The largest absolute Gasteiger partial charge is 0.336 e. The summed E-state index contributed by atoms with van der Waals surface area (Å²) in [5, 5.41) is 9.18. The van der Waals surface area contributed by atoms with Gasteiger partial charge >= 0.3 is 6.03 Å². The van der Waals surface area contributed by atoms with Crippen molar-refractivity contribution in [3.63, 3.8) is 0 Å². The van der Waals surface area contributed by atoms with E-state index in [1.54, 1.807) is 36.5 Å². The highest BCUT2D eigenvalue weighted by molar-refractivity contribution is 7.12. The van der Waals surface area contributed by atoms with Crippen molar-refractivity contribution in [2.24, 2.45) is 0 Å². The van der Waals surface area contributed by atoms with Gasteiger partial charge in [0, 0.05) is 34.6 Å². The van der Waals surface area contributed by atoms with Crippen molar-refractivity contribution in [1.82, 2.24) is 10.3 Å². The molecule has 0 spiro atoms. The number of amides is 3. The maximum Gasteiger partial charge on any atom is 0.319 e. The SMILES string of the molecule is Cc1ncc(/C=C\C(=O)Nc2ccc(NC(=O)NC(C)C)cc2)s1. The minimum Gasteiger partial charge on any atom is -0.336 e. The van der Waals surface area contributed by atoms with E-state index in [0.29, 0.717) is 11.4 Å². The van der Waals surface area contributed by atoms with E-state index >= 15 is 0 Å². The van der Waals surface area contributed by atoms with Crippen LogP contribution < -0.4 is 16.0 Å². The normalized spacial score (nSPS) is 10.8. The van der Waals surface area contributed by atoms with Crippen molar-refractivity contribution in [2.45, 2.75) is 26.8 Å². The molecule has 126 valence electrons. The second-order valence-electron chi connectivity index (χ2n) is 5.43. The van der Waals surface area contributed by atoms with Crippen molar-refractivity contribution in [1.29, 1.82) is 0 Å². The van der Waals surface area contributed by atoms with Gasteiger partial charge in [0.1, 0.15) is 0 Å². The van der Waals surface area contributed by atoms with Crippen LogP contribution in [0.4, 0.5) is 16.2 Å². The Morgan fingerprint density at radius 3 is 2.29 bits per heavy atom. The molecule has 0 bridgehead atoms. The van der Waals surface area contributed by atoms with Crippen LogP contribution in [0.15, 0.2) is 36.5 Å². The molecule has 0 unspecified atom stereocenters. The summed E-state index contributed by atoms with van der Waals surface area (Å²) < 4.78 is 0. The lowest BCUT2D eigenvalue weighted by molar-refractivity contribution is -0.111. The number of nitrogens with zero attached hydrogens (tertiary/aromatic N) is 1. The fraction of sp³-hybridized carbons (Fsp3) is 0.235. The quantitative estimate of drug-likeness (QED) is 0.724. The summed E-state index contributed by atoms with van der Waals surface area (Å²) in [5.41, 5.74) is 1.31.